The molecule has 1 aliphatic rings. The van der Waals surface area contributed by atoms with Crippen LogP contribution >= 0.6 is 11.8 Å². The Bertz CT molecular complexity index is 632. The van der Waals surface area contributed by atoms with Crippen LogP contribution in [-0.2, 0) is 9.63 Å². The molecule has 1 saturated heterocycles. The number of carbonyl (C=O) groups excluding carboxylic acids is 1. The Morgan fingerprint density at radius 2 is 1.78 bits per heavy atom. The lowest BCUT2D eigenvalue weighted by atomic mass is 9.95. The van der Waals surface area contributed by atoms with Crippen LogP contribution in [0.2, 0.25) is 0 Å². The maximum atomic E-state index is 12.6. The van der Waals surface area contributed by atoms with Gasteiger partial charge in [0.2, 0.25) is 0 Å². The van der Waals surface area contributed by atoms with Crippen LogP contribution in [-0.4, -0.2) is 17.5 Å². The van der Waals surface area contributed by atoms with Crippen LogP contribution in [0.25, 0.3) is 0 Å². The van der Waals surface area contributed by atoms with E-state index in [4.69, 9.17) is 4.84 Å². The second kappa shape index (κ2) is 7.66. The van der Waals surface area contributed by atoms with Crippen molar-refractivity contribution in [2.24, 2.45) is 5.92 Å². The Hall–Kier alpha value is -1.78. The zero-order valence-electron chi connectivity index (χ0n) is 13.2. The lowest BCUT2D eigenvalue weighted by Crippen LogP contribution is -2.27. The molecule has 0 amide bonds. The molecule has 0 aromatic heterocycles. The van der Waals surface area contributed by atoms with Crippen molar-refractivity contribution >= 4 is 22.6 Å². The van der Waals surface area contributed by atoms with E-state index in [1.807, 2.05) is 53.6 Å². The molecular weight excluding hydrogens is 306 g/mol. The van der Waals surface area contributed by atoms with Crippen LogP contribution in [0.1, 0.15) is 24.9 Å². The van der Waals surface area contributed by atoms with Crippen molar-refractivity contribution in [1.29, 1.82) is 0 Å². The zero-order valence-corrected chi connectivity index (χ0v) is 14.0. The van der Waals surface area contributed by atoms with Gasteiger partial charge in [0.05, 0.1) is 24.3 Å². The first-order chi connectivity index (χ1) is 11.3. The van der Waals surface area contributed by atoms with Crippen molar-refractivity contribution in [2.45, 2.75) is 19.4 Å². The standard InChI is InChI=1S/C19H21NO2S/c1-2-13-23-19(21)17-14-22-20(16-11-7-4-8-12-16)18(17)15-9-5-3-6-10-15/h3-12,17-18H,2,13-14H2,1H3/t17-,18+/m0/s1. The Balaban J connectivity index is 1.91. The van der Waals surface area contributed by atoms with E-state index < -0.39 is 0 Å². The van der Waals surface area contributed by atoms with E-state index in [9.17, 15) is 4.79 Å². The molecule has 0 N–H and O–H groups in total. The highest BCUT2D eigenvalue weighted by atomic mass is 32.2. The lowest BCUT2D eigenvalue weighted by molar-refractivity contribution is -0.114. The lowest BCUT2D eigenvalue weighted by Gasteiger charge is -2.27. The third kappa shape index (κ3) is 3.59. The summed E-state index contributed by atoms with van der Waals surface area (Å²) in [6.07, 6.45) is 1.00. The summed E-state index contributed by atoms with van der Waals surface area (Å²) < 4.78 is 0. The topological polar surface area (TPSA) is 29.5 Å². The fraction of sp³-hybridized carbons (Fsp3) is 0.316. The minimum Gasteiger partial charge on any atom is -0.287 e. The number of anilines is 1. The quantitative estimate of drug-likeness (QED) is 0.810. The van der Waals surface area contributed by atoms with E-state index in [-0.39, 0.29) is 17.1 Å². The number of benzene rings is 2. The highest BCUT2D eigenvalue weighted by Gasteiger charge is 2.41. The van der Waals surface area contributed by atoms with Gasteiger partial charge in [-0.3, -0.25) is 9.63 Å². The summed E-state index contributed by atoms with van der Waals surface area (Å²) in [5.41, 5.74) is 2.10. The second-order valence-electron chi connectivity index (χ2n) is 5.59. The molecule has 0 radical (unpaired) electrons. The molecule has 0 saturated carbocycles. The minimum absolute atomic E-state index is 0.0737. The van der Waals surface area contributed by atoms with Gasteiger partial charge in [-0.25, -0.2) is 5.06 Å². The van der Waals surface area contributed by atoms with Gasteiger partial charge in [0.1, 0.15) is 0 Å². The van der Waals surface area contributed by atoms with E-state index in [2.05, 4.69) is 19.1 Å². The summed E-state index contributed by atoms with van der Waals surface area (Å²) in [4.78, 5) is 18.5. The van der Waals surface area contributed by atoms with Crippen molar-refractivity contribution in [3.05, 3.63) is 66.2 Å². The fourth-order valence-corrected chi connectivity index (χ4v) is 3.65. The number of hydrogen-bond donors (Lipinski definition) is 0. The molecule has 2 aromatic rings. The van der Waals surface area contributed by atoms with Crippen LogP contribution in [0, 0.1) is 5.92 Å². The highest BCUT2D eigenvalue weighted by Crippen LogP contribution is 2.40. The van der Waals surface area contributed by atoms with Gasteiger partial charge in [-0.2, -0.15) is 0 Å². The molecule has 1 fully saturated rings. The first-order valence-corrected chi connectivity index (χ1v) is 8.98. The molecule has 1 aliphatic heterocycles. The SMILES string of the molecule is CCCSC(=O)[C@H]1CON(c2ccccc2)[C@@H]1c1ccccc1. The summed E-state index contributed by atoms with van der Waals surface area (Å²) in [5, 5.41) is 2.11. The van der Waals surface area contributed by atoms with E-state index in [0.717, 1.165) is 23.4 Å². The molecule has 0 aliphatic carbocycles. The van der Waals surface area contributed by atoms with Crippen LogP contribution < -0.4 is 5.06 Å². The predicted octanol–water partition coefficient (Wildman–Crippen LogP) is 4.47. The Morgan fingerprint density at radius 3 is 2.43 bits per heavy atom. The Kier molecular flexibility index (Phi) is 5.36. The molecule has 120 valence electrons. The van der Waals surface area contributed by atoms with Crippen LogP contribution in [0.3, 0.4) is 0 Å². The summed E-state index contributed by atoms with van der Waals surface area (Å²) in [6, 6.07) is 20.1. The number of thioether (sulfide) groups is 1. The molecule has 4 heteroatoms. The highest BCUT2D eigenvalue weighted by molar-refractivity contribution is 8.13. The molecule has 3 rings (SSSR count). The van der Waals surface area contributed by atoms with E-state index in [0.29, 0.717) is 6.61 Å². The van der Waals surface area contributed by atoms with Crippen molar-refractivity contribution in [1.82, 2.24) is 0 Å². The Labute approximate surface area is 141 Å². The van der Waals surface area contributed by atoms with Crippen molar-refractivity contribution in [3.8, 4) is 0 Å². The van der Waals surface area contributed by atoms with Crippen molar-refractivity contribution in [2.75, 3.05) is 17.4 Å². The predicted molar refractivity (Wildman–Crippen MR) is 95.3 cm³/mol. The van der Waals surface area contributed by atoms with Gasteiger partial charge in [0.15, 0.2) is 5.12 Å². The van der Waals surface area contributed by atoms with Crippen LogP contribution in [0.15, 0.2) is 60.7 Å². The van der Waals surface area contributed by atoms with E-state index in [1.165, 1.54) is 11.8 Å². The number of nitrogens with zero attached hydrogens (tertiary/aromatic N) is 1. The van der Waals surface area contributed by atoms with Gasteiger partial charge in [-0.1, -0.05) is 67.2 Å². The molecule has 1 heterocycles. The van der Waals surface area contributed by atoms with Gasteiger partial charge in [0, 0.05) is 5.75 Å². The molecule has 0 unspecified atom stereocenters. The first-order valence-electron chi connectivity index (χ1n) is 8.00. The third-order valence-corrected chi connectivity index (χ3v) is 5.13. The third-order valence-electron chi connectivity index (χ3n) is 3.93. The number of hydrogen-bond acceptors (Lipinski definition) is 4. The fourth-order valence-electron chi connectivity index (χ4n) is 2.83. The molecule has 23 heavy (non-hydrogen) atoms. The van der Waals surface area contributed by atoms with Gasteiger partial charge in [0.25, 0.3) is 0 Å². The van der Waals surface area contributed by atoms with E-state index >= 15 is 0 Å². The summed E-state index contributed by atoms with van der Waals surface area (Å²) in [7, 11) is 0. The molecular formula is C19H21NO2S. The maximum absolute atomic E-state index is 12.6. The monoisotopic (exact) mass is 327 g/mol. The first kappa shape index (κ1) is 16.1. The average Bonchev–Trinajstić information content (AvgIpc) is 3.06. The Morgan fingerprint density at radius 1 is 1.13 bits per heavy atom. The summed E-state index contributed by atoms with van der Waals surface area (Å²) in [5.74, 6) is 0.719. The summed E-state index contributed by atoms with van der Waals surface area (Å²) in [6.45, 7) is 2.53. The van der Waals surface area contributed by atoms with Gasteiger partial charge in [-0.05, 0) is 24.1 Å². The average molecular weight is 327 g/mol. The molecule has 2 aromatic carbocycles. The normalized spacial score (nSPS) is 20.7. The largest absolute Gasteiger partial charge is 0.287 e. The molecule has 0 bridgehead atoms. The number of carbonyl (C=O) groups is 1. The number of para-hydroxylation sites is 1. The molecule has 0 spiro atoms. The van der Waals surface area contributed by atoms with Crippen molar-refractivity contribution < 1.29 is 9.63 Å². The van der Waals surface area contributed by atoms with Gasteiger partial charge >= 0.3 is 0 Å². The maximum Gasteiger partial charge on any atom is 0.196 e. The van der Waals surface area contributed by atoms with Crippen LogP contribution in [0.4, 0.5) is 5.69 Å². The molecule has 3 nitrogen and oxygen atoms in total. The minimum atomic E-state index is -0.144. The van der Waals surface area contributed by atoms with Gasteiger partial charge in [-0.15, -0.1) is 0 Å². The number of rotatable bonds is 5. The van der Waals surface area contributed by atoms with Gasteiger partial charge < -0.3 is 0 Å². The smallest absolute Gasteiger partial charge is 0.196 e. The van der Waals surface area contributed by atoms with Crippen LogP contribution in [0.5, 0.6) is 0 Å². The second-order valence-corrected chi connectivity index (χ2v) is 6.69. The zero-order chi connectivity index (χ0) is 16.1. The summed E-state index contributed by atoms with van der Waals surface area (Å²) >= 11 is 1.42. The van der Waals surface area contributed by atoms with E-state index in [1.54, 1.807) is 0 Å². The molecule has 2 atom stereocenters. The van der Waals surface area contributed by atoms with Crippen molar-refractivity contribution in [3.63, 3.8) is 0 Å². The number of hydroxylamine groups is 1.